The van der Waals surface area contributed by atoms with Gasteiger partial charge in [-0.2, -0.15) is 0 Å². The lowest BCUT2D eigenvalue weighted by atomic mass is 10.1. The molecule has 0 radical (unpaired) electrons. The fourth-order valence-electron chi connectivity index (χ4n) is 3.31. The van der Waals surface area contributed by atoms with E-state index in [1.54, 1.807) is 6.07 Å². The Kier molecular flexibility index (Phi) is 3.38. The van der Waals surface area contributed by atoms with Gasteiger partial charge in [-0.05, 0) is 43.7 Å². The van der Waals surface area contributed by atoms with Crippen LogP contribution in [0.5, 0.6) is 0 Å². The number of carbonyl (C=O) groups is 1. The average molecular weight is 314 g/mol. The molecule has 7 heteroatoms. The van der Waals surface area contributed by atoms with Crippen LogP contribution in [0.2, 0.25) is 0 Å². The number of rotatable bonds is 4. The van der Waals surface area contributed by atoms with Crippen molar-refractivity contribution in [1.29, 1.82) is 0 Å². The summed E-state index contributed by atoms with van der Waals surface area (Å²) < 4.78 is 22.6. The van der Waals surface area contributed by atoms with Crippen molar-refractivity contribution < 1.29 is 13.2 Å². The molecule has 1 aromatic rings. The zero-order valence-electron chi connectivity index (χ0n) is 11.2. The second-order valence-electron chi connectivity index (χ2n) is 5.72. The van der Waals surface area contributed by atoms with Gasteiger partial charge in [0.05, 0.1) is 6.04 Å². The van der Waals surface area contributed by atoms with E-state index < -0.39 is 10.0 Å². The van der Waals surface area contributed by atoms with Gasteiger partial charge in [0, 0.05) is 10.8 Å². The number of sulfonamides is 1. The second-order valence-corrected chi connectivity index (χ2v) is 8.62. The third kappa shape index (κ3) is 2.49. The second kappa shape index (κ2) is 4.82. The summed E-state index contributed by atoms with van der Waals surface area (Å²) in [6, 6.07) is 3.02. The predicted molar refractivity (Wildman–Crippen MR) is 76.6 cm³/mol. The minimum atomic E-state index is -3.65. The average Bonchev–Trinajstić information content (AvgIpc) is 2.80. The third-order valence-corrected chi connectivity index (χ3v) is 7.08. The van der Waals surface area contributed by atoms with Crippen LogP contribution in [0.15, 0.2) is 16.3 Å². The molecule has 1 aromatic heterocycles. The van der Waals surface area contributed by atoms with Crippen molar-refractivity contribution in [1.82, 2.24) is 5.32 Å². The van der Waals surface area contributed by atoms with Crippen molar-refractivity contribution in [2.45, 2.75) is 36.4 Å². The molecule has 0 saturated heterocycles. The molecule has 1 amide bonds. The molecule has 3 unspecified atom stereocenters. The molecule has 20 heavy (non-hydrogen) atoms. The van der Waals surface area contributed by atoms with E-state index in [0.717, 1.165) is 16.2 Å². The molecule has 3 N–H and O–H groups in total. The van der Waals surface area contributed by atoms with E-state index in [1.807, 2.05) is 6.92 Å². The van der Waals surface area contributed by atoms with E-state index in [-0.39, 0.29) is 22.1 Å². The number of nitrogens with one attached hydrogen (secondary N) is 1. The minimum Gasteiger partial charge on any atom is -0.349 e. The minimum absolute atomic E-state index is 0.109. The molecule has 2 fully saturated rings. The SMILES string of the molecule is CC(NC(=O)C1C2CCCC21)c1ccc(S(N)(=O)=O)s1. The van der Waals surface area contributed by atoms with Gasteiger partial charge in [0.25, 0.3) is 0 Å². The molecule has 2 aliphatic rings. The first-order valence-electron chi connectivity index (χ1n) is 6.81. The van der Waals surface area contributed by atoms with Crippen LogP contribution in [-0.4, -0.2) is 14.3 Å². The van der Waals surface area contributed by atoms with Crippen molar-refractivity contribution in [3.63, 3.8) is 0 Å². The van der Waals surface area contributed by atoms with Crippen molar-refractivity contribution >= 4 is 27.3 Å². The topological polar surface area (TPSA) is 89.3 Å². The van der Waals surface area contributed by atoms with Gasteiger partial charge >= 0.3 is 0 Å². The van der Waals surface area contributed by atoms with Gasteiger partial charge in [-0.15, -0.1) is 11.3 Å². The lowest BCUT2D eigenvalue weighted by molar-refractivity contribution is -0.123. The standard InChI is InChI=1S/C13H18N2O3S2/c1-7(10-5-6-11(19-10)20(14,17)18)15-13(16)12-8-3-2-4-9(8)12/h5-9,12H,2-4H2,1H3,(H,15,16)(H2,14,17,18). The van der Waals surface area contributed by atoms with E-state index in [4.69, 9.17) is 5.14 Å². The number of primary sulfonamides is 1. The van der Waals surface area contributed by atoms with Crippen molar-refractivity contribution in [3.05, 3.63) is 17.0 Å². The molecular formula is C13H18N2O3S2. The monoisotopic (exact) mass is 314 g/mol. The molecular weight excluding hydrogens is 296 g/mol. The highest BCUT2D eigenvalue weighted by Crippen LogP contribution is 2.57. The first kappa shape index (κ1) is 14.0. The Balaban J connectivity index is 1.63. The van der Waals surface area contributed by atoms with Gasteiger partial charge in [-0.1, -0.05) is 6.42 Å². The van der Waals surface area contributed by atoms with Gasteiger partial charge in [0.1, 0.15) is 4.21 Å². The van der Waals surface area contributed by atoms with Gasteiger partial charge in [-0.25, -0.2) is 13.6 Å². The number of carbonyl (C=O) groups excluding carboxylic acids is 1. The molecule has 1 heterocycles. The summed E-state index contributed by atoms with van der Waals surface area (Å²) in [7, 11) is -3.65. The van der Waals surface area contributed by atoms with Crippen LogP contribution in [-0.2, 0) is 14.8 Å². The third-order valence-electron chi connectivity index (χ3n) is 4.38. The molecule has 110 valence electrons. The van der Waals surface area contributed by atoms with Crippen LogP contribution >= 0.6 is 11.3 Å². The van der Waals surface area contributed by atoms with Gasteiger partial charge < -0.3 is 5.32 Å². The Morgan fingerprint density at radius 1 is 1.40 bits per heavy atom. The summed E-state index contributed by atoms with van der Waals surface area (Å²) >= 11 is 1.12. The molecule has 0 spiro atoms. The first-order valence-corrected chi connectivity index (χ1v) is 9.17. The Morgan fingerprint density at radius 2 is 2.05 bits per heavy atom. The maximum absolute atomic E-state index is 12.2. The molecule has 0 aromatic carbocycles. The van der Waals surface area contributed by atoms with E-state index in [0.29, 0.717) is 11.8 Å². The highest BCUT2D eigenvalue weighted by Gasteiger charge is 2.56. The fraction of sp³-hybridized carbons (Fsp3) is 0.615. The molecule has 5 nitrogen and oxygen atoms in total. The van der Waals surface area contributed by atoms with Crippen LogP contribution in [0.3, 0.4) is 0 Å². The summed E-state index contributed by atoms with van der Waals surface area (Å²) in [5, 5.41) is 8.07. The molecule has 2 aliphatic carbocycles. The summed E-state index contributed by atoms with van der Waals surface area (Å²) in [5.74, 6) is 1.47. The highest BCUT2D eigenvalue weighted by atomic mass is 32.2. The molecule has 3 atom stereocenters. The van der Waals surface area contributed by atoms with Gasteiger partial charge in [0.2, 0.25) is 15.9 Å². The first-order chi connectivity index (χ1) is 9.38. The lowest BCUT2D eigenvalue weighted by Crippen LogP contribution is -2.28. The summed E-state index contributed by atoms with van der Waals surface area (Å²) in [4.78, 5) is 13.0. The lowest BCUT2D eigenvalue weighted by Gasteiger charge is -2.13. The zero-order chi connectivity index (χ0) is 14.5. The number of thiophene rings is 1. The smallest absolute Gasteiger partial charge is 0.247 e. The maximum atomic E-state index is 12.2. The fourth-order valence-corrected chi connectivity index (χ4v) is 5.06. The van der Waals surface area contributed by atoms with Crippen molar-refractivity contribution in [2.24, 2.45) is 22.9 Å². The molecule has 0 aliphatic heterocycles. The normalized spacial score (nSPS) is 29.8. The Labute approximate surface area is 122 Å². The molecule has 3 rings (SSSR count). The van der Waals surface area contributed by atoms with Gasteiger partial charge in [0.15, 0.2) is 0 Å². The number of amides is 1. The summed E-state index contributed by atoms with van der Waals surface area (Å²) in [6.07, 6.45) is 3.59. The van der Waals surface area contributed by atoms with E-state index >= 15 is 0 Å². The molecule has 2 saturated carbocycles. The van der Waals surface area contributed by atoms with Crippen LogP contribution in [0.25, 0.3) is 0 Å². The maximum Gasteiger partial charge on any atom is 0.247 e. The highest BCUT2D eigenvalue weighted by molar-refractivity contribution is 7.91. The zero-order valence-corrected chi connectivity index (χ0v) is 12.8. The summed E-state index contributed by atoms with van der Waals surface area (Å²) in [5.41, 5.74) is 0. The van der Waals surface area contributed by atoms with E-state index in [2.05, 4.69) is 5.32 Å². The number of hydrogen-bond donors (Lipinski definition) is 2. The Hall–Kier alpha value is -0.920. The quantitative estimate of drug-likeness (QED) is 0.885. The number of hydrogen-bond acceptors (Lipinski definition) is 4. The van der Waals surface area contributed by atoms with Crippen LogP contribution in [0.4, 0.5) is 0 Å². The number of fused-ring (bicyclic) bond motifs is 1. The van der Waals surface area contributed by atoms with Crippen LogP contribution in [0.1, 0.15) is 37.1 Å². The molecule has 0 bridgehead atoms. The number of nitrogens with two attached hydrogens (primary N) is 1. The van der Waals surface area contributed by atoms with Crippen LogP contribution < -0.4 is 10.5 Å². The largest absolute Gasteiger partial charge is 0.349 e. The van der Waals surface area contributed by atoms with Gasteiger partial charge in [-0.3, -0.25) is 4.79 Å². The Morgan fingerprint density at radius 3 is 2.60 bits per heavy atom. The van der Waals surface area contributed by atoms with E-state index in [1.165, 1.54) is 25.3 Å². The Bertz CT molecular complexity index is 628. The summed E-state index contributed by atoms with van der Waals surface area (Å²) in [6.45, 7) is 1.87. The van der Waals surface area contributed by atoms with Crippen LogP contribution in [0, 0.1) is 17.8 Å². The van der Waals surface area contributed by atoms with Crippen molar-refractivity contribution in [3.8, 4) is 0 Å². The van der Waals surface area contributed by atoms with Crippen molar-refractivity contribution in [2.75, 3.05) is 0 Å². The van der Waals surface area contributed by atoms with E-state index in [9.17, 15) is 13.2 Å². The predicted octanol–water partition coefficient (Wildman–Crippen LogP) is 1.62.